The molecule has 1 saturated heterocycles. The van der Waals surface area contributed by atoms with E-state index < -0.39 is 12.0 Å². The van der Waals surface area contributed by atoms with Crippen LogP contribution in [0.1, 0.15) is 44.9 Å². The van der Waals surface area contributed by atoms with E-state index in [1.165, 1.54) is 0 Å². The molecule has 8 heteroatoms. The van der Waals surface area contributed by atoms with Gasteiger partial charge in [0.2, 0.25) is 17.7 Å². The van der Waals surface area contributed by atoms with Crippen molar-refractivity contribution in [2.24, 2.45) is 17.8 Å². The molecule has 140 valence electrons. The smallest absolute Gasteiger partial charge is 0.329 e. The number of esters is 1. The van der Waals surface area contributed by atoms with E-state index in [0.29, 0.717) is 25.2 Å². The van der Waals surface area contributed by atoms with E-state index >= 15 is 0 Å². The predicted octanol–water partition coefficient (Wildman–Crippen LogP) is 1.79. The minimum Gasteiger partial charge on any atom is -0.454 e. The third-order valence-corrected chi connectivity index (χ3v) is 4.73. The lowest BCUT2D eigenvalue weighted by atomic mass is 9.85. The number of carbonyl (C=O) groups excluding carboxylic acids is 3. The number of carbonyl (C=O) groups is 3. The van der Waals surface area contributed by atoms with Crippen molar-refractivity contribution in [2.75, 3.05) is 0 Å². The topological polar surface area (TPSA) is 103 Å². The van der Waals surface area contributed by atoms with E-state index in [2.05, 4.69) is 10.2 Å². The highest BCUT2D eigenvalue weighted by molar-refractivity contribution is 6.08. The first kappa shape index (κ1) is 18.3. The third kappa shape index (κ3) is 3.54. The van der Waals surface area contributed by atoms with Gasteiger partial charge in [0.05, 0.1) is 11.8 Å². The number of imide groups is 1. The minimum atomic E-state index is -0.926. The second-order valence-electron chi connectivity index (χ2n) is 7.17. The molecular formula is C18H23N3O5. The molecule has 8 nitrogen and oxygen atoms in total. The van der Waals surface area contributed by atoms with Gasteiger partial charge in [0.15, 0.2) is 6.61 Å². The lowest BCUT2D eigenvalue weighted by Crippen LogP contribution is -2.47. The summed E-state index contributed by atoms with van der Waals surface area (Å²) in [6, 6.07) is -0.926. The Kier molecular flexibility index (Phi) is 5.20. The van der Waals surface area contributed by atoms with Crippen LogP contribution in [0.3, 0.4) is 0 Å². The van der Waals surface area contributed by atoms with Crippen LogP contribution in [0.5, 0.6) is 0 Å². The molecule has 0 N–H and O–H groups in total. The van der Waals surface area contributed by atoms with E-state index in [-0.39, 0.29) is 42.1 Å². The van der Waals surface area contributed by atoms with Crippen molar-refractivity contribution >= 4 is 17.8 Å². The number of likely N-dealkylation sites (tertiary alicyclic amines) is 1. The summed E-state index contributed by atoms with van der Waals surface area (Å²) in [6.45, 7) is 5.32. The Morgan fingerprint density at radius 2 is 1.85 bits per heavy atom. The largest absolute Gasteiger partial charge is 0.454 e. The molecule has 0 aromatic carbocycles. The SMILES string of the molecule is Cc1nnc(COC(=O)[C@H](CC(C)C)N2C(=O)[C@@H]3CC=CC[C@H]3C2=O)o1. The Labute approximate surface area is 151 Å². The van der Waals surface area contributed by atoms with Gasteiger partial charge in [-0.25, -0.2) is 4.79 Å². The first-order valence-corrected chi connectivity index (χ1v) is 8.86. The van der Waals surface area contributed by atoms with Crippen molar-refractivity contribution < 1.29 is 23.5 Å². The summed E-state index contributed by atoms with van der Waals surface area (Å²) in [6.07, 6.45) is 5.27. The number of fused-ring (bicyclic) bond motifs is 1. The number of rotatable bonds is 6. The summed E-state index contributed by atoms with van der Waals surface area (Å²) in [7, 11) is 0. The van der Waals surface area contributed by atoms with Gasteiger partial charge in [-0.2, -0.15) is 0 Å². The van der Waals surface area contributed by atoms with Gasteiger partial charge in [0.25, 0.3) is 5.89 Å². The molecule has 1 aliphatic carbocycles. The molecule has 1 aliphatic heterocycles. The molecule has 0 saturated carbocycles. The van der Waals surface area contributed by atoms with Crippen molar-refractivity contribution in [1.29, 1.82) is 0 Å². The fourth-order valence-electron chi connectivity index (χ4n) is 3.51. The summed E-state index contributed by atoms with van der Waals surface area (Å²) >= 11 is 0. The van der Waals surface area contributed by atoms with E-state index in [9.17, 15) is 14.4 Å². The molecule has 2 heterocycles. The van der Waals surface area contributed by atoms with Crippen LogP contribution in [-0.2, 0) is 25.7 Å². The van der Waals surface area contributed by atoms with Crippen LogP contribution < -0.4 is 0 Å². The monoisotopic (exact) mass is 361 g/mol. The molecular weight excluding hydrogens is 338 g/mol. The van der Waals surface area contributed by atoms with E-state index in [1.807, 2.05) is 26.0 Å². The number of hydrogen-bond acceptors (Lipinski definition) is 7. The lowest BCUT2D eigenvalue weighted by molar-refractivity contribution is -0.161. The molecule has 0 spiro atoms. The summed E-state index contributed by atoms with van der Waals surface area (Å²) in [4.78, 5) is 39.4. The highest BCUT2D eigenvalue weighted by atomic mass is 16.5. The molecule has 0 radical (unpaired) electrons. The van der Waals surface area contributed by atoms with Gasteiger partial charge in [-0.1, -0.05) is 26.0 Å². The van der Waals surface area contributed by atoms with Gasteiger partial charge in [-0.3, -0.25) is 14.5 Å². The first-order chi connectivity index (χ1) is 12.4. The lowest BCUT2D eigenvalue weighted by Gasteiger charge is -2.26. The van der Waals surface area contributed by atoms with Crippen molar-refractivity contribution in [1.82, 2.24) is 15.1 Å². The summed E-state index contributed by atoms with van der Waals surface area (Å²) in [5, 5.41) is 7.45. The van der Waals surface area contributed by atoms with Crippen LogP contribution in [0.2, 0.25) is 0 Å². The summed E-state index contributed by atoms with van der Waals surface area (Å²) in [5.74, 6) is -1.25. The van der Waals surface area contributed by atoms with Gasteiger partial charge in [0, 0.05) is 6.92 Å². The van der Waals surface area contributed by atoms with Gasteiger partial charge in [-0.15, -0.1) is 10.2 Å². The molecule has 2 amide bonds. The third-order valence-electron chi connectivity index (χ3n) is 4.73. The van der Waals surface area contributed by atoms with Gasteiger partial charge in [-0.05, 0) is 25.2 Å². The van der Waals surface area contributed by atoms with E-state index in [1.54, 1.807) is 6.92 Å². The second-order valence-corrected chi connectivity index (χ2v) is 7.17. The molecule has 1 aromatic heterocycles. The maximum atomic E-state index is 12.8. The Bertz CT molecular complexity index is 713. The number of nitrogens with zero attached hydrogens (tertiary/aromatic N) is 3. The molecule has 1 fully saturated rings. The predicted molar refractivity (Wildman–Crippen MR) is 89.3 cm³/mol. The van der Waals surface area contributed by atoms with Crippen molar-refractivity contribution in [3.63, 3.8) is 0 Å². The molecule has 0 unspecified atom stereocenters. The maximum absolute atomic E-state index is 12.8. The average Bonchev–Trinajstić information content (AvgIpc) is 3.13. The fourth-order valence-corrected chi connectivity index (χ4v) is 3.51. The molecule has 26 heavy (non-hydrogen) atoms. The minimum absolute atomic E-state index is 0.111. The molecule has 1 aromatic rings. The molecule has 3 atom stereocenters. The summed E-state index contributed by atoms with van der Waals surface area (Å²) in [5.41, 5.74) is 0. The number of amides is 2. The zero-order valence-corrected chi connectivity index (χ0v) is 15.2. The number of allylic oxidation sites excluding steroid dienone is 2. The molecule has 3 rings (SSSR count). The van der Waals surface area contributed by atoms with Crippen LogP contribution in [0.15, 0.2) is 16.6 Å². The molecule has 0 bridgehead atoms. The van der Waals surface area contributed by atoms with Gasteiger partial charge in [0.1, 0.15) is 6.04 Å². The Morgan fingerprint density at radius 3 is 2.35 bits per heavy atom. The van der Waals surface area contributed by atoms with Crippen LogP contribution in [0.4, 0.5) is 0 Å². The highest BCUT2D eigenvalue weighted by Gasteiger charge is 2.51. The quantitative estimate of drug-likeness (QED) is 0.432. The number of hydrogen-bond donors (Lipinski definition) is 0. The Balaban J connectivity index is 1.75. The van der Waals surface area contributed by atoms with E-state index in [0.717, 1.165) is 4.90 Å². The number of ether oxygens (including phenoxy) is 1. The highest BCUT2D eigenvalue weighted by Crippen LogP contribution is 2.37. The van der Waals surface area contributed by atoms with Crippen LogP contribution in [0, 0.1) is 24.7 Å². The Morgan fingerprint density at radius 1 is 1.23 bits per heavy atom. The number of aryl methyl sites for hydroxylation is 1. The van der Waals surface area contributed by atoms with Gasteiger partial charge < -0.3 is 9.15 Å². The normalized spacial score (nSPS) is 23.5. The zero-order chi connectivity index (χ0) is 18.8. The van der Waals surface area contributed by atoms with Gasteiger partial charge >= 0.3 is 5.97 Å². The fraction of sp³-hybridized carbons (Fsp3) is 0.611. The standard InChI is InChI=1S/C18H23N3O5/c1-10(2)8-14(18(24)25-9-15-20-19-11(3)26-15)21-16(22)12-6-4-5-7-13(12)17(21)23/h4-5,10,12-14H,6-9H2,1-3H3/t12-,13-,14+/m1/s1. The van der Waals surface area contributed by atoms with Crippen LogP contribution in [-0.4, -0.2) is 38.9 Å². The zero-order valence-electron chi connectivity index (χ0n) is 15.2. The van der Waals surface area contributed by atoms with Crippen LogP contribution >= 0.6 is 0 Å². The average molecular weight is 361 g/mol. The second kappa shape index (κ2) is 7.39. The van der Waals surface area contributed by atoms with E-state index in [4.69, 9.17) is 9.15 Å². The maximum Gasteiger partial charge on any atom is 0.329 e. The summed E-state index contributed by atoms with van der Waals surface area (Å²) < 4.78 is 10.5. The van der Waals surface area contributed by atoms with Crippen molar-refractivity contribution in [3.05, 3.63) is 23.9 Å². The Hall–Kier alpha value is -2.51. The molecule has 2 aliphatic rings. The number of aromatic nitrogens is 2. The van der Waals surface area contributed by atoms with Crippen LogP contribution in [0.25, 0.3) is 0 Å². The van der Waals surface area contributed by atoms with Crippen molar-refractivity contribution in [2.45, 2.75) is 52.7 Å². The first-order valence-electron chi connectivity index (χ1n) is 8.86. The van der Waals surface area contributed by atoms with Crippen molar-refractivity contribution in [3.8, 4) is 0 Å².